The number of hydrogen-bond acceptors (Lipinski definition) is 4. The molecule has 0 spiro atoms. The summed E-state index contributed by atoms with van der Waals surface area (Å²) in [6, 6.07) is 19.9. The van der Waals surface area contributed by atoms with E-state index in [1.165, 1.54) is 0 Å². The van der Waals surface area contributed by atoms with Crippen molar-refractivity contribution in [2.75, 3.05) is 16.8 Å². The standard InChI is InChI=1S/C23H26N4O/c1-5-27(20-13-9-10-16(2)14-20)23(28)21-15-22(26-18(4)25-21)24-17(3)19-11-7-6-8-12-19/h6-15,17H,5H2,1-4H3,(H,24,25,26). The quantitative estimate of drug-likeness (QED) is 0.664. The molecule has 5 nitrogen and oxygen atoms in total. The minimum atomic E-state index is -0.131. The van der Waals surface area contributed by atoms with Gasteiger partial charge < -0.3 is 10.2 Å². The summed E-state index contributed by atoms with van der Waals surface area (Å²) < 4.78 is 0. The van der Waals surface area contributed by atoms with Crippen molar-refractivity contribution in [3.05, 3.63) is 83.3 Å². The minimum absolute atomic E-state index is 0.0671. The Hall–Kier alpha value is -3.21. The Morgan fingerprint density at radius 1 is 1.04 bits per heavy atom. The molecule has 2 aromatic carbocycles. The lowest BCUT2D eigenvalue weighted by atomic mass is 10.1. The predicted octanol–water partition coefficient (Wildman–Crippen LogP) is 4.93. The van der Waals surface area contributed by atoms with Gasteiger partial charge >= 0.3 is 0 Å². The first kappa shape index (κ1) is 19.5. The topological polar surface area (TPSA) is 58.1 Å². The van der Waals surface area contributed by atoms with Crippen LogP contribution < -0.4 is 10.2 Å². The molecular weight excluding hydrogens is 348 g/mol. The molecule has 1 atom stereocenters. The van der Waals surface area contributed by atoms with Gasteiger partial charge in [0.1, 0.15) is 17.3 Å². The summed E-state index contributed by atoms with van der Waals surface area (Å²) >= 11 is 0. The number of anilines is 2. The highest BCUT2D eigenvalue weighted by molar-refractivity contribution is 6.05. The van der Waals surface area contributed by atoms with Gasteiger partial charge in [-0.1, -0.05) is 42.5 Å². The van der Waals surface area contributed by atoms with Gasteiger partial charge in [0.2, 0.25) is 0 Å². The number of aryl methyl sites for hydroxylation is 2. The maximum atomic E-state index is 13.2. The first-order chi connectivity index (χ1) is 13.5. The smallest absolute Gasteiger partial charge is 0.277 e. The maximum Gasteiger partial charge on any atom is 0.277 e. The van der Waals surface area contributed by atoms with Crippen LogP contribution >= 0.6 is 0 Å². The SMILES string of the molecule is CCN(C(=O)c1cc(NC(C)c2ccccc2)nc(C)n1)c1cccc(C)c1. The molecule has 0 saturated heterocycles. The zero-order valence-corrected chi connectivity index (χ0v) is 16.8. The first-order valence-corrected chi connectivity index (χ1v) is 9.53. The molecule has 144 valence electrons. The second-order valence-electron chi connectivity index (χ2n) is 6.85. The zero-order valence-electron chi connectivity index (χ0n) is 16.8. The van der Waals surface area contributed by atoms with Gasteiger partial charge in [-0.2, -0.15) is 0 Å². The number of amides is 1. The molecule has 0 radical (unpaired) electrons. The van der Waals surface area contributed by atoms with E-state index in [1.54, 1.807) is 17.9 Å². The van der Waals surface area contributed by atoms with Crippen molar-refractivity contribution < 1.29 is 4.79 Å². The second kappa shape index (κ2) is 8.65. The van der Waals surface area contributed by atoms with Crippen molar-refractivity contribution in [2.24, 2.45) is 0 Å². The van der Waals surface area contributed by atoms with Gasteiger partial charge in [0.15, 0.2) is 0 Å². The summed E-state index contributed by atoms with van der Waals surface area (Å²) in [7, 11) is 0. The minimum Gasteiger partial charge on any atom is -0.363 e. The van der Waals surface area contributed by atoms with E-state index in [2.05, 4.69) is 34.3 Å². The highest BCUT2D eigenvalue weighted by Crippen LogP contribution is 2.21. The highest BCUT2D eigenvalue weighted by atomic mass is 16.2. The van der Waals surface area contributed by atoms with Crippen molar-refractivity contribution in [3.63, 3.8) is 0 Å². The van der Waals surface area contributed by atoms with Crippen molar-refractivity contribution in [1.82, 2.24) is 9.97 Å². The molecular formula is C23H26N4O. The van der Waals surface area contributed by atoms with E-state index in [1.807, 2.05) is 56.3 Å². The molecule has 1 amide bonds. The van der Waals surface area contributed by atoms with Gasteiger partial charge in [0.05, 0.1) is 0 Å². The molecule has 1 heterocycles. The number of carbonyl (C=O) groups is 1. The summed E-state index contributed by atoms with van der Waals surface area (Å²) in [5, 5.41) is 3.38. The summed E-state index contributed by atoms with van der Waals surface area (Å²) in [5.74, 6) is 1.08. The van der Waals surface area contributed by atoms with E-state index in [0.29, 0.717) is 23.9 Å². The van der Waals surface area contributed by atoms with Crippen molar-refractivity contribution in [3.8, 4) is 0 Å². The van der Waals surface area contributed by atoms with Crippen LogP contribution in [0.15, 0.2) is 60.7 Å². The Morgan fingerprint density at radius 2 is 1.79 bits per heavy atom. The molecule has 0 bridgehead atoms. The second-order valence-corrected chi connectivity index (χ2v) is 6.85. The first-order valence-electron chi connectivity index (χ1n) is 9.53. The Balaban J connectivity index is 1.86. The molecule has 1 N–H and O–H groups in total. The fourth-order valence-corrected chi connectivity index (χ4v) is 3.18. The number of carbonyl (C=O) groups excluding carboxylic acids is 1. The Bertz CT molecular complexity index is 956. The Labute approximate surface area is 166 Å². The van der Waals surface area contributed by atoms with Gasteiger partial charge in [0.25, 0.3) is 5.91 Å². The normalized spacial score (nSPS) is 11.7. The van der Waals surface area contributed by atoms with Crippen LogP contribution in [0.2, 0.25) is 0 Å². The van der Waals surface area contributed by atoms with Crippen molar-refractivity contribution >= 4 is 17.4 Å². The fraction of sp³-hybridized carbons (Fsp3) is 0.261. The van der Waals surface area contributed by atoms with E-state index in [0.717, 1.165) is 16.8 Å². The van der Waals surface area contributed by atoms with Crippen LogP contribution in [0.4, 0.5) is 11.5 Å². The van der Waals surface area contributed by atoms with E-state index >= 15 is 0 Å². The molecule has 1 aromatic heterocycles. The maximum absolute atomic E-state index is 13.2. The molecule has 0 fully saturated rings. The van der Waals surface area contributed by atoms with Crippen LogP contribution in [0.25, 0.3) is 0 Å². The lowest BCUT2D eigenvalue weighted by Gasteiger charge is -2.22. The fourth-order valence-electron chi connectivity index (χ4n) is 3.18. The average molecular weight is 374 g/mol. The van der Waals surface area contributed by atoms with Crippen molar-refractivity contribution in [1.29, 1.82) is 0 Å². The molecule has 3 aromatic rings. The summed E-state index contributed by atoms with van der Waals surface area (Å²) in [4.78, 5) is 23.7. The van der Waals surface area contributed by atoms with Crippen LogP contribution in [0.3, 0.4) is 0 Å². The Morgan fingerprint density at radius 3 is 2.46 bits per heavy atom. The lowest BCUT2D eigenvalue weighted by molar-refractivity contribution is 0.0983. The number of hydrogen-bond donors (Lipinski definition) is 1. The van der Waals surface area contributed by atoms with Gasteiger partial charge in [-0.15, -0.1) is 0 Å². The zero-order chi connectivity index (χ0) is 20.1. The van der Waals surface area contributed by atoms with Gasteiger partial charge in [-0.3, -0.25) is 4.79 Å². The number of benzene rings is 2. The molecule has 3 rings (SSSR count). The van der Waals surface area contributed by atoms with E-state index < -0.39 is 0 Å². The molecule has 0 saturated carbocycles. The van der Waals surface area contributed by atoms with E-state index in [4.69, 9.17) is 0 Å². The van der Waals surface area contributed by atoms with Crippen LogP contribution in [0.5, 0.6) is 0 Å². The van der Waals surface area contributed by atoms with Gasteiger partial charge in [-0.25, -0.2) is 9.97 Å². The summed E-state index contributed by atoms with van der Waals surface area (Å²) in [6.07, 6.45) is 0. The third-order valence-electron chi connectivity index (χ3n) is 4.60. The molecule has 28 heavy (non-hydrogen) atoms. The summed E-state index contributed by atoms with van der Waals surface area (Å²) in [5.41, 5.74) is 3.53. The highest BCUT2D eigenvalue weighted by Gasteiger charge is 2.19. The number of rotatable bonds is 6. The van der Waals surface area contributed by atoms with Crippen LogP contribution in [-0.2, 0) is 0 Å². The molecule has 0 aliphatic carbocycles. The van der Waals surface area contributed by atoms with E-state index in [9.17, 15) is 4.79 Å². The Kier molecular flexibility index (Phi) is 6.04. The molecule has 5 heteroatoms. The third kappa shape index (κ3) is 4.55. The number of nitrogens with one attached hydrogen (secondary N) is 1. The third-order valence-corrected chi connectivity index (χ3v) is 4.60. The number of nitrogens with zero attached hydrogens (tertiary/aromatic N) is 3. The monoisotopic (exact) mass is 374 g/mol. The van der Waals surface area contributed by atoms with Crippen LogP contribution in [0, 0.1) is 13.8 Å². The average Bonchev–Trinajstić information content (AvgIpc) is 2.69. The largest absolute Gasteiger partial charge is 0.363 e. The van der Waals surface area contributed by atoms with Crippen molar-refractivity contribution in [2.45, 2.75) is 33.7 Å². The van der Waals surface area contributed by atoms with Gasteiger partial charge in [0, 0.05) is 24.3 Å². The van der Waals surface area contributed by atoms with E-state index in [-0.39, 0.29) is 11.9 Å². The molecule has 0 aliphatic rings. The number of aromatic nitrogens is 2. The van der Waals surface area contributed by atoms with Crippen LogP contribution in [-0.4, -0.2) is 22.4 Å². The molecule has 1 unspecified atom stereocenters. The summed E-state index contributed by atoms with van der Waals surface area (Å²) in [6.45, 7) is 8.42. The van der Waals surface area contributed by atoms with Crippen LogP contribution in [0.1, 0.15) is 47.3 Å². The lowest BCUT2D eigenvalue weighted by Crippen LogP contribution is -2.31. The van der Waals surface area contributed by atoms with Gasteiger partial charge in [-0.05, 0) is 51.0 Å². The molecule has 0 aliphatic heterocycles. The predicted molar refractivity (Wildman–Crippen MR) is 114 cm³/mol.